The van der Waals surface area contributed by atoms with Crippen molar-refractivity contribution in [1.82, 2.24) is 4.90 Å². The van der Waals surface area contributed by atoms with Crippen molar-refractivity contribution in [3.05, 3.63) is 33.8 Å². The highest BCUT2D eigenvalue weighted by molar-refractivity contribution is 9.10. The first-order chi connectivity index (χ1) is 8.61. The van der Waals surface area contributed by atoms with Crippen molar-refractivity contribution >= 4 is 21.8 Å². The second-order valence-electron chi connectivity index (χ2n) is 4.90. The molecule has 0 aliphatic carbocycles. The Labute approximate surface area is 116 Å². The molecule has 0 bridgehead atoms. The average molecular weight is 312 g/mol. The highest BCUT2D eigenvalue weighted by Gasteiger charge is 2.27. The minimum Gasteiger partial charge on any atom is -0.396 e. The fourth-order valence-corrected chi connectivity index (χ4v) is 3.06. The Hall–Kier alpha value is -0.870. The number of hydrogen-bond acceptors (Lipinski definition) is 2. The number of rotatable bonds is 3. The van der Waals surface area contributed by atoms with Crippen LogP contribution in [0.3, 0.4) is 0 Å². The van der Waals surface area contributed by atoms with Crippen molar-refractivity contribution in [3.8, 4) is 0 Å². The van der Waals surface area contributed by atoms with Crippen molar-refractivity contribution in [2.24, 2.45) is 5.92 Å². The van der Waals surface area contributed by atoms with Crippen molar-refractivity contribution < 1.29 is 9.90 Å². The van der Waals surface area contributed by atoms with E-state index in [1.165, 1.54) is 0 Å². The second kappa shape index (κ2) is 5.85. The number of hydrogen-bond donors (Lipinski definition) is 1. The lowest BCUT2D eigenvalue weighted by molar-refractivity contribution is 0.0784. The third-order valence-corrected chi connectivity index (χ3v) is 4.12. The number of halogens is 1. The van der Waals surface area contributed by atoms with Gasteiger partial charge in [0.2, 0.25) is 0 Å². The first kappa shape index (κ1) is 13.6. The largest absolute Gasteiger partial charge is 0.396 e. The van der Waals surface area contributed by atoms with E-state index in [1.54, 1.807) is 0 Å². The van der Waals surface area contributed by atoms with Crippen LogP contribution >= 0.6 is 15.9 Å². The molecule has 1 aromatic carbocycles. The van der Waals surface area contributed by atoms with Crippen LogP contribution in [0.4, 0.5) is 0 Å². The van der Waals surface area contributed by atoms with E-state index in [2.05, 4.69) is 15.9 Å². The molecule has 1 N–H and O–H groups in total. The smallest absolute Gasteiger partial charge is 0.255 e. The zero-order chi connectivity index (χ0) is 13.1. The molecule has 0 aromatic heterocycles. The van der Waals surface area contributed by atoms with E-state index in [0.717, 1.165) is 41.5 Å². The molecule has 3 nitrogen and oxygen atoms in total. The Bertz CT molecular complexity index is 447. The van der Waals surface area contributed by atoms with Crippen molar-refractivity contribution in [1.29, 1.82) is 0 Å². The third kappa shape index (κ3) is 2.93. The van der Waals surface area contributed by atoms with Crippen LogP contribution in [0.5, 0.6) is 0 Å². The third-order valence-electron chi connectivity index (χ3n) is 3.47. The first-order valence-corrected chi connectivity index (χ1v) is 7.07. The lowest BCUT2D eigenvalue weighted by Gasteiger charge is -2.17. The van der Waals surface area contributed by atoms with Crippen LogP contribution in [0.2, 0.25) is 0 Å². The highest BCUT2D eigenvalue weighted by Crippen LogP contribution is 2.25. The zero-order valence-electron chi connectivity index (χ0n) is 10.5. The maximum absolute atomic E-state index is 12.4. The second-order valence-corrected chi connectivity index (χ2v) is 5.76. The Balaban J connectivity index is 2.08. The summed E-state index contributed by atoms with van der Waals surface area (Å²) in [5.41, 5.74) is 1.86. The Kier molecular flexibility index (Phi) is 4.40. The number of aliphatic hydroxyl groups excluding tert-OH is 1. The van der Waals surface area contributed by atoms with Gasteiger partial charge in [-0.1, -0.05) is 6.07 Å². The first-order valence-electron chi connectivity index (χ1n) is 6.28. The van der Waals surface area contributed by atoms with Crippen molar-refractivity contribution in [2.45, 2.75) is 19.8 Å². The molecular weight excluding hydrogens is 294 g/mol. The topological polar surface area (TPSA) is 40.5 Å². The van der Waals surface area contributed by atoms with Gasteiger partial charge in [-0.3, -0.25) is 4.79 Å². The Morgan fingerprint density at radius 2 is 2.33 bits per heavy atom. The van der Waals surface area contributed by atoms with Crippen LogP contribution in [0.25, 0.3) is 0 Å². The molecule has 2 rings (SSSR count). The van der Waals surface area contributed by atoms with Gasteiger partial charge in [0.15, 0.2) is 0 Å². The summed E-state index contributed by atoms with van der Waals surface area (Å²) >= 11 is 3.45. The fourth-order valence-electron chi connectivity index (χ4n) is 2.40. The molecule has 1 saturated heterocycles. The number of nitrogens with zero attached hydrogens (tertiary/aromatic N) is 1. The van der Waals surface area contributed by atoms with Gasteiger partial charge in [0, 0.05) is 24.2 Å². The Morgan fingerprint density at radius 3 is 3.00 bits per heavy atom. The van der Waals surface area contributed by atoms with Crippen LogP contribution in [-0.4, -0.2) is 35.6 Å². The van der Waals surface area contributed by atoms with Crippen molar-refractivity contribution in [3.63, 3.8) is 0 Å². The molecule has 1 atom stereocenters. The summed E-state index contributed by atoms with van der Waals surface area (Å²) in [6.45, 7) is 3.77. The fraction of sp³-hybridized carbons (Fsp3) is 0.500. The minimum absolute atomic E-state index is 0.0855. The summed E-state index contributed by atoms with van der Waals surface area (Å²) in [6.07, 6.45) is 1.79. The highest BCUT2D eigenvalue weighted by atomic mass is 79.9. The Morgan fingerprint density at radius 1 is 1.56 bits per heavy atom. The predicted octanol–water partition coefficient (Wildman–Crippen LogP) is 2.60. The molecule has 98 valence electrons. The predicted molar refractivity (Wildman–Crippen MR) is 74.6 cm³/mol. The molecule has 0 saturated carbocycles. The molecule has 0 spiro atoms. The van der Waals surface area contributed by atoms with Gasteiger partial charge in [-0.2, -0.15) is 0 Å². The minimum atomic E-state index is 0.0855. The van der Waals surface area contributed by atoms with Gasteiger partial charge in [0.05, 0.1) is 5.56 Å². The molecule has 1 aliphatic rings. The quantitative estimate of drug-likeness (QED) is 0.932. The maximum atomic E-state index is 12.4. The number of carbonyl (C=O) groups excluding carboxylic acids is 1. The summed E-state index contributed by atoms with van der Waals surface area (Å²) < 4.78 is 0.859. The van der Waals surface area contributed by atoms with Gasteiger partial charge in [-0.25, -0.2) is 0 Å². The van der Waals surface area contributed by atoms with Gasteiger partial charge in [0.1, 0.15) is 0 Å². The molecule has 1 fully saturated rings. The molecule has 0 radical (unpaired) electrons. The molecule has 18 heavy (non-hydrogen) atoms. The summed E-state index contributed by atoms with van der Waals surface area (Å²) in [4.78, 5) is 14.2. The maximum Gasteiger partial charge on any atom is 0.255 e. The monoisotopic (exact) mass is 311 g/mol. The lowest BCUT2D eigenvalue weighted by Crippen LogP contribution is -2.29. The number of carbonyl (C=O) groups is 1. The normalized spacial score (nSPS) is 19.3. The van der Waals surface area contributed by atoms with Gasteiger partial charge in [-0.15, -0.1) is 0 Å². The molecule has 1 unspecified atom stereocenters. The lowest BCUT2D eigenvalue weighted by atomic mass is 10.1. The molecular formula is C14H18BrNO2. The number of amides is 1. The average Bonchev–Trinajstić information content (AvgIpc) is 2.77. The van der Waals surface area contributed by atoms with E-state index in [4.69, 9.17) is 5.11 Å². The molecule has 1 aromatic rings. The van der Waals surface area contributed by atoms with Gasteiger partial charge in [0.25, 0.3) is 5.91 Å². The number of aryl methyl sites for hydroxylation is 1. The van der Waals surface area contributed by atoms with E-state index >= 15 is 0 Å². The summed E-state index contributed by atoms with van der Waals surface area (Å²) in [7, 11) is 0. The summed E-state index contributed by atoms with van der Waals surface area (Å²) in [6, 6.07) is 5.80. The van der Waals surface area contributed by atoms with Crippen LogP contribution in [0.15, 0.2) is 22.7 Å². The van der Waals surface area contributed by atoms with Crippen molar-refractivity contribution in [2.75, 3.05) is 19.7 Å². The molecule has 1 amide bonds. The van der Waals surface area contributed by atoms with E-state index in [9.17, 15) is 4.79 Å². The van der Waals surface area contributed by atoms with E-state index in [1.807, 2.05) is 30.0 Å². The standard InChI is InChI=1S/C14H18BrNO2/c1-10-2-3-12(13(15)8-10)14(18)16-6-4-11(9-16)5-7-17/h2-3,8,11,17H,4-7,9H2,1H3. The zero-order valence-corrected chi connectivity index (χ0v) is 12.1. The number of aliphatic hydroxyl groups is 1. The van der Waals surface area contributed by atoms with Gasteiger partial charge < -0.3 is 10.0 Å². The summed E-state index contributed by atoms with van der Waals surface area (Å²) in [5, 5.41) is 8.93. The number of benzene rings is 1. The van der Waals surface area contributed by atoms with E-state index in [-0.39, 0.29) is 12.5 Å². The SMILES string of the molecule is Cc1ccc(C(=O)N2CCC(CCO)C2)c(Br)c1. The molecule has 1 aliphatic heterocycles. The van der Waals surface area contributed by atoms with E-state index < -0.39 is 0 Å². The van der Waals surface area contributed by atoms with Gasteiger partial charge >= 0.3 is 0 Å². The molecule has 1 heterocycles. The summed E-state index contributed by atoms with van der Waals surface area (Å²) in [5.74, 6) is 0.533. The van der Waals surface area contributed by atoms with Crippen LogP contribution < -0.4 is 0 Å². The van der Waals surface area contributed by atoms with Crippen LogP contribution in [-0.2, 0) is 0 Å². The molecule has 4 heteroatoms. The number of likely N-dealkylation sites (tertiary alicyclic amines) is 1. The van der Waals surface area contributed by atoms with Gasteiger partial charge in [-0.05, 0) is 59.3 Å². The van der Waals surface area contributed by atoms with E-state index in [0.29, 0.717) is 5.92 Å². The van der Waals surface area contributed by atoms with Crippen LogP contribution in [0, 0.1) is 12.8 Å². The van der Waals surface area contributed by atoms with Crippen LogP contribution in [0.1, 0.15) is 28.8 Å².